The van der Waals surface area contributed by atoms with E-state index in [2.05, 4.69) is 4.90 Å². The molecule has 1 heterocycles. The molecule has 2 rings (SSSR count). The molecule has 0 bridgehead atoms. The van der Waals surface area contributed by atoms with Crippen molar-refractivity contribution in [1.29, 1.82) is 0 Å². The van der Waals surface area contributed by atoms with Crippen molar-refractivity contribution >= 4 is 10.8 Å². The van der Waals surface area contributed by atoms with Crippen LogP contribution >= 0.6 is 0 Å². The van der Waals surface area contributed by atoms with Crippen LogP contribution in [0.1, 0.15) is 25.7 Å². The highest BCUT2D eigenvalue weighted by molar-refractivity contribution is 7.85. The van der Waals surface area contributed by atoms with Crippen molar-refractivity contribution < 1.29 is 4.21 Å². The maximum atomic E-state index is 11.4. The van der Waals surface area contributed by atoms with Gasteiger partial charge in [0.1, 0.15) is 0 Å². The molecule has 3 nitrogen and oxygen atoms in total. The molecule has 14 heavy (non-hydrogen) atoms. The van der Waals surface area contributed by atoms with Crippen molar-refractivity contribution in [3.05, 3.63) is 0 Å². The van der Waals surface area contributed by atoms with Crippen LogP contribution in [0.2, 0.25) is 0 Å². The summed E-state index contributed by atoms with van der Waals surface area (Å²) in [4.78, 5) is 2.51. The predicted octanol–water partition coefficient (Wildman–Crippen LogP) is 0.321. The summed E-state index contributed by atoms with van der Waals surface area (Å²) < 4.78 is 11.4. The Kier molecular flexibility index (Phi) is 3.57. The molecule has 3 atom stereocenters. The third kappa shape index (κ3) is 2.55. The van der Waals surface area contributed by atoms with Crippen LogP contribution in [0.4, 0.5) is 0 Å². The summed E-state index contributed by atoms with van der Waals surface area (Å²) in [5.74, 6) is 1.76. The van der Waals surface area contributed by atoms with Gasteiger partial charge in [0.25, 0.3) is 0 Å². The number of nitrogens with two attached hydrogens (primary N) is 1. The van der Waals surface area contributed by atoms with Crippen LogP contribution in [-0.4, -0.2) is 45.8 Å². The van der Waals surface area contributed by atoms with Gasteiger partial charge in [-0.1, -0.05) is 0 Å². The molecule has 2 aliphatic rings. The van der Waals surface area contributed by atoms with E-state index < -0.39 is 10.8 Å². The van der Waals surface area contributed by atoms with Crippen LogP contribution in [0.3, 0.4) is 0 Å². The van der Waals surface area contributed by atoms with E-state index in [1.165, 1.54) is 12.8 Å². The highest BCUT2D eigenvalue weighted by atomic mass is 32.2. The van der Waals surface area contributed by atoms with Gasteiger partial charge in [-0.2, -0.15) is 0 Å². The van der Waals surface area contributed by atoms with Crippen LogP contribution in [-0.2, 0) is 10.8 Å². The molecular formula is C10H20N2OS. The zero-order valence-electron chi connectivity index (χ0n) is 8.65. The summed E-state index contributed by atoms with van der Waals surface area (Å²) in [5.41, 5.74) is 5.91. The molecule has 4 heteroatoms. The molecule has 3 unspecified atom stereocenters. The van der Waals surface area contributed by atoms with Crippen LogP contribution in [0, 0.1) is 0 Å². The first kappa shape index (κ1) is 10.6. The van der Waals surface area contributed by atoms with Crippen molar-refractivity contribution in [2.24, 2.45) is 5.73 Å². The molecule has 0 amide bonds. The van der Waals surface area contributed by atoms with Crippen LogP contribution < -0.4 is 5.73 Å². The first-order chi connectivity index (χ1) is 6.75. The van der Waals surface area contributed by atoms with Gasteiger partial charge in [-0.3, -0.25) is 9.11 Å². The Morgan fingerprint density at radius 2 is 2.07 bits per heavy atom. The average Bonchev–Trinajstić information content (AvgIpc) is 2.46. The number of rotatable bonds is 1. The lowest BCUT2D eigenvalue weighted by atomic mass is 10.2. The molecule has 2 N–H and O–H groups in total. The van der Waals surface area contributed by atoms with E-state index in [0.717, 1.165) is 37.4 Å². The number of hydrogen-bond donors (Lipinski definition) is 1. The van der Waals surface area contributed by atoms with E-state index in [1.54, 1.807) is 0 Å². The fourth-order valence-electron chi connectivity index (χ4n) is 2.55. The van der Waals surface area contributed by atoms with Gasteiger partial charge >= 0.3 is 0 Å². The zero-order valence-corrected chi connectivity index (χ0v) is 9.47. The third-order valence-electron chi connectivity index (χ3n) is 3.39. The van der Waals surface area contributed by atoms with Crippen molar-refractivity contribution in [1.82, 2.24) is 4.90 Å². The van der Waals surface area contributed by atoms with Crippen molar-refractivity contribution in [3.8, 4) is 0 Å². The Balaban J connectivity index is 1.87. The van der Waals surface area contributed by atoms with E-state index in [-0.39, 0.29) is 0 Å². The van der Waals surface area contributed by atoms with Crippen LogP contribution in [0.15, 0.2) is 0 Å². The second-order valence-electron chi connectivity index (χ2n) is 4.46. The number of hydrogen-bond acceptors (Lipinski definition) is 3. The molecule has 0 aromatic heterocycles. The fourth-order valence-corrected chi connectivity index (χ4v) is 3.64. The maximum Gasteiger partial charge on any atom is 0.0362 e. The Morgan fingerprint density at radius 1 is 1.21 bits per heavy atom. The smallest absolute Gasteiger partial charge is 0.0362 e. The molecule has 0 aromatic carbocycles. The summed E-state index contributed by atoms with van der Waals surface area (Å²) in [6, 6.07) is 1.09. The molecule has 1 aliphatic heterocycles. The van der Waals surface area contributed by atoms with Crippen LogP contribution in [0.25, 0.3) is 0 Å². The van der Waals surface area contributed by atoms with E-state index in [4.69, 9.17) is 5.73 Å². The van der Waals surface area contributed by atoms with Gasteiger partial charge in [-0.05, 0) is 32.2 Å². The summed E-state index contributed by atoms with van der Waals surface area (Å²) in [6.45, 7) is 2.15. The molecule has 1 saturated carbocycles. The maximum absolute atomic E-state index is 11.4. The molecule has 1 aliphatic carbocycles. The standard InChI is InChI=1S/C10H20N2OS/c11-9-2-3-10(8-9)12-4-1-6-14(13)7-5-12/h9-10H,1-8,11H2. The molecule has 82 valence electrons. The van der Waals surface area contributed by atoms with Gasteiger partial charge in [-0.15, -0.1) is 0 Å². The van der Waals surface area contributed by atoms with E-state index in [1.807, 2.05) is 0 Å². The highest BCUT2D eigenvalue weighted by Crippen LogP contribution is 2.23. The molecule has 0 aromatic rings. The van der Waals surface area contributed by atoms with Gasteiger partial charge in [0.15, 0.2) is 0 Å². The first-order valence-corrected chi connectivity index (χ1v) is 7.09. The van der Waals surface area contributed by atoms with Crippen LogP contribution in [0.5, 0.6) is 0 Å². The number of nitrogens with zero attached hydrogens (tertiary/aromatic N) is 1. The molecule has 2 fully saturated rings. The largest absolute Gasteiger partial charge is 0.328 e. The van der Waals surface area contributed by atoms with E-state index in [9.17, 15) is 4.21 Å². The summed E-state index contributed by atoms with van der Waals surface area (Å²) in [6.07, 6.45) is 4.66. The lowest BCUT2D eigenvalue weighted by molar-refractivity contribution is 0.213. The minimum absolute atomic E-state index is 0.411. The Labute approximate surface area is 88.5 Å². The van der Waals surface area contributed by atoms with Crippen molar-refractivity contribution in [2.75, 3.05) is 24.6 Å². The van der Waals surface area contributed by atoms with Gasteiger partial charge in [0.2, 0.25) is 0 Å². The van der Waals surface area contributed by atoms with E-state index in [0.29, 0.717) is 12.1 Å². The molecule has 1 saturated heterocycles. The summed E-state index contributed by atoms with van der Waals surface area (Å²) in [7, 11) is -0.560. The second-order valence-corrected chi connectivity index (χ2v) is 6.16. The van der Waals surface area contributed by atoms with Crippen molar-refractivity contribution in [3.63, 3.8) is 0 Å². The lowest BCUT2D eigenvalue weighted by Gasteiger charge is -2.26. The Morgan fingerprint density at radius 3 is 2.79 bits per heavy atom. The monoisotopic (exact) mass is 216 g/mol. The minimum Gasteiger partial charge on any atom is -0.328 e. The average molecular weight is 216 g/mol. The first-order valence-electron chi connectivity index (χ1n) is 5.60. The normalized spacial score (nSPS) is 41.1. The Bertz CT molecular complexity index is 222. The second kappa shape index (κ2) is 4.73. The van der Waals surface area contributed by atoms with Gasteiger partial charge < -0.3 is 5.73 Å². The predicted molar refractivity (Wildman–Crippen MR) is 59.7 cm³/mol. The molecule has 0 spiro atoms. The summed E-state index contributed by atoms with van der Waals surface area (Å²) >= 11 is 0. The minimum atomic E-state index is -0.560. The molecular weight excluding hydrogens is 196 g/mol. The van der Waals surface area contributed by atoms with E-state index >= 15 is 0 Å². The zero-order chi connectivity index (χ0) is 9.97. The lowest BCUT2D eigenvalue weighted by Crippen LogP contribution is -2.36. The quantitative estimate of drug-likeness (QED) is 0.687. The van der Waals surface area contributed by atoms with Gasteiger partial charge in [0.05, 0.1) is 0 Å². The Hall–Kier alpha value is 0.0700. The summed E-state index contributed by atoms with van der Waals surface area (Å²) in [5, 5.41) is 0. The SMILES string of the molecule is NC1CCC(N2CCCS(=O)CC2)C1. The van der Waals surface area contributed by atoms with Gasteiger partial charge in [0, 0.05) is 40.9 Å². The fraction of sp³-hybridized carbons (Fsp3) is 1.00. The molecule has 0 radical (unpaired) electrons. The topological polar surface area (TPSA) is 46.3 Å². The van der Waals surface area contributed by atoms with Crippen molar-refractivity contribution in [2.45, 2.75) is 37.8 Å². The van der Waals surface area contributed by atoms with Gasteiger partial charge in [-0.25, -0.2) is 0 Å². The third-order valence-corrected chi connectivity index (χ3v) is 4.77. The highest BCUT2D eigenvalue weighted by Gasteiger charge is 2.28.